The average Bonchev–Trinajstić information content (AvgIpc) is 2.37. The molecule has 2 aromatic rings. The highest BCUT2D eigenvalue weighted by molar-refractivity contribution is 7.98. The van der Waals surface area contributed by atoms with Gasteiger partial charge in [0.05, 0.1) is 0 Å². The first kappa shape index (κ1) is 14.7. The Balaban J connectivity index is 0.00000162. The van der Waals surface area contributed by atoms with E-state index in [1.54, 1.807) is 18.0 Å². The van der Waals surface area contributed by atoms with Gasteiger partial charge in [-0.2, -0.15) is 0 Å². The van der Waals surface area contributed by atoms with E-state index < -0.39 is 0 Å². The van der Waals surface area contributed by atoms with Crippen LogP contribution in [0.4, 0.5) is 5.82 Å². The Morgan fingerprint density at radius 3 is 2.83 bits per heavy atom. The molecule has 0 aromatic carbocycles. The molecule has 0 aliphatic rings. The van der Waals surface area contributed by atoms with Crippen LogP contribution in [0.2, 0.25) is 0 Å². The van der Waals surface area contributed by atoms with Crippen LogP contribution >= 0.6 is 24.2 Å². The predicted octanol–water partition coefficient (Wildman–Crippen LogP) is 2.94. The van der Waals surface area contributed by atoms with Gasteiger partial charge in [-0.15, -0.1) is 12.4 Å². The lowest BCUT2D eigenvalue weighted by Gasteiger charge is -2.07. The number of hydrogen-bond acceptors (Lipinski definition) is 5. The van der Waals surface area contributed by atoms with Crippen LogP contribution in [0, 0.1) is 6.92 Å². The molecule has 0 radical (unpaired) electrons. The normalized spacial score (nSPS) is 9.67. The summed E-state index contributed by atoms with van der Waals surface area (Å²) in [4.78, 5) is 12.8. The second-order valence-corrected chi connectivity index (χ2v) is 4.37. The van der Waals surface area contributed by atoms with Crippen molar-refractivity contribution in [3.63, 3.8) is 0 Å². The monoisotopic (exact) mass is 282 g/mol. The maximum absolute atomic E-state index is 4.39. The number of aryl methyl sites for hydroxylation is 1. The summed E-state index contributed by atoms with van der Waals surface area (Å²) in [5.41, 5.74) is 2.10. The molecule has 0 spiro atoms. The van der Waals surface area contributed by atoms with Gasteiger partial charge in [-0.25, -0.2) is 9.97 Å². The van der Waals surface area contributed by atoms with Gasteiger partial charge in [0.25, 0.3) is 0 Å². The van der Waals surface area contributed by atoms with E-state index in [4.69, 9.17) is 0 Å². The van der Waals surface area contributed by atoms with Gasteiger partial charge >= 0.3 is 0 Å². The average molecular weight is 283 g/mol. The minimum Gasteiger partial charge on any atom is -0.366 e. The summed E-state index contributed by atoms with van der Waals surface area (Å²) < 4.78 is 0. The zero-order valence-electron chi connectivity index (χ0n) is 10.3. The SMILES string of the molecule is CSc1nc(C)cc(NCc2cccnc2)n1.Cl. The summed E-state index contributed by atoms with van der Waals surface area (Å²) >= 11 is 1.54. The van der Waals surface area contributed by atoms with Gasteiger partial charge in [0.2, 0.25) is 0 Å². The first-order valence-electron chi connectivity index (χ1n) is 5.30. The van der Waals surface area contributed by atoms with Crippen LogP contribution in [-0.4, -0.2) is 21.2 Å². The fourth-order valence-electron chi connectivity index (χ4n) is 1.42. The van der Waals surface area contributed by atoms with E-state index in [9.17, 15) is 0 Å². The lowest BCUT2D eigenvalue weighted by Crippen LogP contribution is -2.03. The fourth-order valence-corrected chi connectivity index (χ4v) is 1.84. The maximum atomic E-state index is 4.39. The third-order valence-electron chi connectivity index (χ3n) is 2.21. The number of thioether (sulfide) groups is 1. The zero-order valence-corrected chi connectivity index (χ0v) is 11.9. The quantitative estimate of drug-likeness (QED) is 0.690. The molecule has 0 fully saturated rings. The van der Waals surface area contributed by atoms with Crippen molar-refractivity contribution in [3.8, 4) is 0 Å². The number of hydrogen-bond donors (Lipinski definition) is 1. The molecule has 2 heterocycles. The maximum Gasteiger partial charge on any atom is 0.189 e. The summed E-state index contributed by atoms with van der Waals surface area (Å²) in [5, 5.41) is 4.06. The predicted molar refractivity (Wildman–Crippen MR) is 77.4 cm³/mol. The minimum atomic E-state index is 0. The molecular formula is C12H15ClN4S. The number of nitrogens with one attached hydrogen (secondary N) is 1. The van der Waals surface area contributed by atoms with Crippen LogP contribution in [-0.2, 0) is 6.54 Å². The summed E-state index contributed by atoms with van der Waals surface area (Å²) in [7, 11) is 0. The third kappa shape index (κ3) is 4.16. The van der Waals surface area contributed by atoms with Gasteiger partial charge in [-0.1, -0.05) is 17.8 Å². The van der Waals surface area contributed by atoms with Crippen molar-refractivity contribution in [1.82, 2.24) is 15.0 Å². The van der Waals surface area contributed by atoms with Crippen molar-refractivity contribution in [2.75, 3.05) is 11.6 Å². The van der Waals surface area contributed by atoms with Gasteiger partial charge in [-0.3, -0.25) is 4.98 Å². The van der Waals surface area contributed by atoms with Gasteiger partial charge in [0, 0.05) is 30.7 Å². The molecule has 0 saturated heterocycles. The molecule has 0 aliphatic heterocycles. The molecule has 4 nitrogen and oxygen atoms in total. The topological polar surface area (TPSA) is 50.7 Å². The van der Waals surface area contributed by atoms with E-state index in [2.05, 4.69) is 20.3 Å². The molecule has 2 rings (SSSR count). The van der Waals surface area contributed by atoms with Crippen LogP contribution in [0.25, 0.3) is 0 Å². The van der Waals surface area contributed by atoms with Crippen molar-refractivity contribution >= 4 is 30.0 Å². The number of halogens is 1. The van der Waals surface area contributed by atoms with Gasteiger partial charge in [-0.05, 0) is 24.8 Å². The van der Waals surface area contributed by atoms with Crippen LogP contribution in [0.15, 0.2) is 35.7 Å². The highest BCUT2D eigenvalue weighted by Crippen LogP contribution is 2.14. The van der Waals surface area contributed by atoms with E-state index >= 15 is 0 Å². The van der Waals surface area contributed by atoms with Crippen LogP contribution < -0.4 is 5.32 Å². The van der Waals surface area contributed by atoms with Crippen molar-refractivity contribution in [3.05, 3.63) is 41.9 Å². The van der Waals surface area contributed by atoms with Crippen molar-refractivity contribution in [2.24, 2.45) is 0 Å². The van der Waals surface area contributed by atoms with Crippen LogP contribution in [0.3, 0.4) is 0 Å². The Hall–Kier alpha value is -1.33. The van der Waals surface area contributed by atoms with E-state index in [0.717, 1.165) is 28.8 Å². The summed E-state index contributed by atoms with van der Waals surface area (Å²) in [6, 6.07) is 5.90. The van der Waals surface area contributed by atoms with Crippen LogP contribution in [0.1, 0.15) is 11.3 Å². The van der Waals surface area contributed by atoms with E-state index in [0.29, 0.717) is 0 Å². The second kappa shape index (κ2) is 7.18. The summed E-state index contributed by atoms with van der Waals surface area (Å²) in [6.45, 7) is 2.69. The highest BCUT2D eigenvalue weighted by atomic mass is 35.5. The molecule has 2 aromatic heterocycles. The zero-order chi connectivity index (χ0) is 12.1. The molecule has 0 amide bonds. The largest absolute Gasteiger partial charge is 0.366 e. The Morgan fingerprint density at radius 1 is 1.33 bits per heavy atom. The van der Waals surface area contributed by atoms with Crippen molar-refractivity contribution in [1.29, 1.82) is 0 Å². The van der Waals surface area contributed by atoms with Crippen molar-refractivity contribution < 1.29 is 0 Å². The highest BCUT2D eigenvalue weighted by Gasteiger charge is 2.00. The fraction of sp³-hybridized carbons (Fsp3) is 0.250. The number of aromatic nitrogens is 3. The van der Waals surface area contributed by atoms with Crippen molar-refractivity contribution in [2.45, 2.75) is 18.6 Å². The standard InChI is InChI=1S/C12H14N4S.ClH/c1-9-6-11(16-12(15-9)17-2)14-8-10-4-3-5-13-7-10;/h3-7H,8H2,1-2H3,(H,14,15,16);1H. The molecule has 0 saturated carbocycles. The smallest absolute Gasteiger partial charge is 0.189 e. The number of rotatable bonds is 4. The molecule has 0 atom stereocenters. The lowest BCUT2D eigenvalue weighted by atomic mass is 10.3. The Bertz CT molecular complexity index is 493. The first-order chi connectivity index (χ1) is 8.28. The molecule has 1 N–H and O–H groups in total. The van der Waals surface area contributed by atoms with E-state index in [1.165, 1.54) is 0 Å². The Kier molecular flexibility index (Phi) is 5.88. The molecule has 6 heteroatoms. The number of anilines is 1. The summed E-state index contributed by atoms with van der Waals surface area (Å²) in [5.74, 6) is 0.853. The van der Waals surface area contributed by atoms with Gasteiger partial charge in [0.1, 0.15) is 5.82 Å². The van der Waals surface area contributed by atoms with Crippen LogP contribution in [0.5, 0.6) is 0 Å². The number of pyridine rings is 1. The molecular weight excluding hydrogens is 268 g/mol. The number of nitrogens with zero attached hydrogens (tertiary/aromatic N) is 3. The Morgan fingerprint density at radius 2 is 2.17 bits per heavy atom. The molecule has 18 heavy (non-hydrogen) atoms. The lowest BCUT2D eigenvalue weighted by molar-refractivity contribution is 0.925. The second-order valence-electron chi connectivity index (χ2n) is 3.60. The molecule has 0 unspecified atom stereocenters. The first-order valence-corrected chi connectivity index (χ1v) is 6.53. The van der Waals surface area contributed by atoms with Gasteiger partial charge in [0.15, 0.2) is 5.16 Å². The molecule has 96 valence electrons. The molecule has 0 bridgehead atoms. The molecule has 0 aliphatic carbocycles. The third-order valence-corrected chi connectivity index (χ3v) is 2.76. The van der Waals surface area contributed by atoms with E-state index in [1.807, 2.05) is 37.6 Å². The Labute approximate surface area is 117 Å². The van der Waals surface area contributed by atoms with Gasteiger partial charge < -0.3 is 5.32 Å². The minimum absolute atomic E-state index is 0. The van der Waals surface area contributed by atoms with E-state index in [-0.39, 0.29) is 12.4 Å². The summed E-state index contributed by atoms with van der Waals surface area (Å²) in [6.07, 6.45) is 5.58.